The van der Waals surface area contributed by atoms with Crippen LogP contribution in [-0.2, 0) is 10.8 Å². The fourth-order valence-electron chi connectivity index (χ4n) is 3.26. The molecule has 2 aromatic carbocycles. The van der Waals surface area contributed by atoms with Gasteiger partial charge in [0.1, 0.15) is 5.75 Å². The van der Waals surface area contributed by atoms with E-state index in [1.54, 1.807) is 30.5 Å². The normalized spacial score (nSPS) is 18.2. The van der Waals surface area contributed by atoms with Gasteiger partial charge in [-0.05, 0) is 61.7 Å². The molecule has 0 saturated carbocycles. The number of benzene rings is 2. The van der Waals surface area contributed by atoms with Crippen molar-refractivity contribution in [2.24, 2.45) is 0 Å². The summed E-state index contributed by atoms with van der Waals surface area (Å²) in [6.07, 6.45) is 3.61. The molecule has 0 aliphatic carbocycles. The van der Waals surface area contributed by atoms with E-state index >= 15 is 0 Å². The predicted molar refractivity (Wildman–Crippen MR) is 99.4 cm³/mol. The van der Waals surface area contributed by atoms with Crippen LogP contribution in [0.2, 0.25) is 0 Å². The van der Waals surface area contributed by atoms with E-state index < -0.39 is 10.8 Å². The number of rotatable bonds is 5. The van der Waals surface area contributed by atoms with Crippen LogP contribution >= 0.6 is 0 Å². The molecule has 1 fully saturated rings. The highest BCUT2D eigenvalue weighted by Crippen LogP contribution is 2.34. The summed E-state index contributed by atoms with van der Waals surface area (Å²) in [4.78, 5) is 15.6. The minimum Gasteiger partial charge on any atom is -0.494 e. The summed E-state index contributed by atoms with van der Waals surface area (Å²) in [5.41, 5.74) is 1.78. The van der Waals surface area contributed by atoms with Crippen LogP contribution in [0.3, 0.4) is 0 Å². The number of ether oxygens (including phenoxy) is 1. The maximum absolute atomic E-state index is 12.9. The van der Waals surface area contributed by atoms with Crippen molar-refractivity contribution in [2.75, 3.05) is 19.4 Å². The SMILES string of the molecule is CCOc1ccc(C2CCCN2C(=O)c2ccc(S(C)=O)cc2)cc1. The Hall–Kier alpha value is -2.14. The lowest BCUT2D eigenvalue weighted by Gasteiger charge is -2.25. The summed E-state index contributed by atoms with van der Waals surface area (Å²) < 4.78 is 17.0. The molecule has 0 spiro atoms. The van der Waals surface area contributed by atoms with Gasteiger partial charge in [0.05, 0.1) is 12.6 Å². The molecular formula is C20H23NO3S. The Kier molecular flexibility index (Phi) is 5.53. The summed E-state index contributed by atoms with van der Waals surface area (Å²) in [7, 11) is -1.03. The smallest absolute Gasteiger partial charge is 0.254 e. The van der Waals surface area contributed by atoms with E-state index in [1.807, 2.05) is 36.1 Å². The predicted octanol–water partition coefficient (Wildman–Crippen LogP) is 3.80. The summed E-state index contributed by atoms with van der Waals surface area (Å²) in [5, 5.41) is 0. The molecule has 1 aliphatic heterocycles. The van der Waals surface area contributed by atoms with Crippen LogP contribution in [0.5, 0.6) is 5.75 Å². The lowest BCUT2D eigenvalue weighted by molar-refractivity contribution is 0.0735. The van der Waals surface area contributed by atoms with E-state index in [1.165, 1.54) is 0 Å². The quantitative estimate of drug-likeness (QED) is 0.818. The van der Waals surface area contributed by atoms with Gasteiger partial charge in [0.25, 0.3) is 5.91 Å². The van der Waals surface area contributed by atoms with Crippen molar-refractivity contribution in [1.29, 1.82) is 0 Å². The molecule has 3 rings (SSSR count). The highest BCUT2D eigenvalue weighted by Gasteiger charge is 2.30. The summed E-state index contributed by atoms with van der Waals surface area (Å²) in [6, 6.07) is 15.2. The monoisotopic (exact) mass is 357 g/mol. The summed E-state index contributed by atoms with van der Waals surface area (Å²) in [5.74, 6) is 0.884. The van der Waals surface area contributed by atoms with Crippen molar-refractivity contribution in [1.82, 2.24) is 4.90 Å². The van der Waals surface area contributed by atoms with Crippen molar-refractivity contribution in [3.63, 3.8) is 0 Å². The second-order valence-electron chi connectivity index (χ2n) is 6.14. The van der Waals surface area contributed by atoms with Crippen molar-refractivity contribution in [3.8, 4) is 5.75 Å². The molecule has 4 nitrogen and oxygen atoms in total. The Morgan fingerprint density at radius 2 is 1.84 bits per heavy atom. The van der Waals surface area contributed by atoms with Crippen LogP contribution < -0.4 is 4.74 Å². The van der Waals surface area contributed by atoms with Crippen molar-refractivity contribution in [3.05, 3.63) is 59.7 Å². The zero-order valence-corrected chi connectivity index (χ0v) is 15.4. The van der Waals surface area contributed by atoms with E-state index in [9.17, 15) is 9.00 Å². The first-order valence-electron chi connectivity index (χ1n) is 8.57. The van der Waals surface area contributed by atoms with E-state index in [-0.39, 0.29) is 11.9 Å². The maximum Gasteiger partial charge on any atom is 0.254 e. The third kappa shape index (κ3) is 3.93. The van der Waals surface area contributed by atoms with Crippen LogP contribution in [-0.4, -0.2) is 34.4 Å². The molecular weight excluding hydrogens is 334 g/mol. The average molecular weight is 357 g/mol. The Bertz CT molecular complexity index is 756. The van der Waals surface area contributed by atoms with Crippen molar-refractivity contribution in [2.45, 2.75) is 30.7 Å². The Balaban J connectivity index is 1.78. The Labute approximate surface area is 151 Å². The first-order chi connectivity index (χ1) is 12.1. The minimum atomic E-state index is -1.03. The van der Waals surface area contributed by atoms with Crippen molar-refractivity contribution >= 4 is 16.7 Å². The Morgan fingerprint density at radius 3 is 2.44 bits per heavy atom. The molecule has 25 heavy (non-hydrogen) atoms. The number of hydrogen-bond acceptors (Lipinski definition) is 3. The Morgan fingerprint density at radius 1 is 1.16 bits per heavy atom. The first-order valence-corrected chi connectivity index (χ1v) is 10.1. The number of nitrogens with zero attached hydrogens (tertiary/aromatic N) is 1. The zero-order valence-electron chi connectivity index (χ0n) is 14.6. The molecule has 1 aliphatic rings. The number of carbonyl (C=O) groups excluding carboxylic acids is 1. The highest BCUT2D eigenvalue weighted by molar-refractivity contribution is 7.84. The van der Waals surface area contributed by atoms with E-state index in [2.05, 4.69) is 0 Å². The lowest BCUT2D eigenvalue weighted by Crippen LogP contribution is -2.30. The van der Waals surface area contributed by atoms with Gasteiger partial charge in [-0.2, -0.15) is 0 Å². The van der Waals surface area contributed by atoms with E-state index in [4.69, 9.17) is 4.74 Å². The largest absolute Gasteiger partial charge is 0.494 e. The molecule has 0 bridgehead atoms. The molecule has 5 heteroatoms. The molecule has 0 N–H and O–H groups in total. The highest BCUT2D eigenvalue weighted by atomic mass is 32.2. The number of amides is 1. The molecule has 2 aromatic rings. The van der Waals surface area contributed by atoms with Gasteiger partial charge >= 0.3 is 0 Å². The van der Waals surface area contributed by atoms with Crippen LogP contribution in [0, 0.1) is 0 Å². The molecule has 132 valence electrons. The first kappa shape index (κ1) is 17.7. The van der Waals surface area contributed by atoms with Crippen LogP contribution in [0.4, 0.5) is 0 Å². The average Bonchev–Trinajstić information content (AvgIpc) is 3.12. The fraction of sp³-hybridized carbons (Fsp3) is 0.350. The number of carbonyl (C=O) groups is 1. The molecule has 1 saturated heterocycles. The summed E-state index contributed by atoms with van der Waals surface area (Å²) >= 11 is 0. The second kappa shape index (κ2) is 7.83. The standard InChI is InChI=1S/C20H23NO3S/c1-3-24-17-10-6-15(7-11-17)19-5-4-14-21(19)20(22)16-8-12-18(13-9-16)25(2)23/h6-13,19H,3-5,14H2,1-2H3. The van der Waals surface area contributed by atoms with Gasteiger partial charge in [0, 0.05) is 34.1 Å². The van der Waals surface area contributed by atoms with Gasteiger partial charge in [0.2, 0.25) is 0 Å². The lowest BCUT2D eigenvalue weighted by atomic mass is 10.0. The third-order valence-corrected chi connectivity index (χ3v) is 5.46. The second-order valence-corrected chi connectivity index (χ2v) is 7.52. The molecule has 1 amide bonds. The molecule has 0 aromatic heterocycles. The zero-order chi connectivity index (χ0) is 17.8. The number of hydrogen-bond donors (Lipinski definition) is 0. The molecule has 1 heterocycles. The molecule has 0 radical (unpaired) electrons. The van der Waals surface area contributed by atoms with E-state index in [0.29, 0.717) is 12.2 Å². The molecule has 2 atom stereocenters. The summed E-state index contributed by atoms with van der Waals surface area (Å²) in [6.45, 7) is 3.37. The van der Waals surface area contributed by atoms with Crippen molar-refractivity contribution < 1.29 is 13.7 Å². The van der Waals surface area contributed by atoms with Crippen LogP contribution in [0.15, 0.2) is 53.4 Å². The topological polar surface area (TPSA) is 46.6 Å². The molecule has 2 unspecified atom stereocenters. The van der Waals surface area contributed by atoms with Crippen LogP contribution in [0.1, 0.15) is 41.7 Å². The van der Waals surface area contributed by atoms with Gasteiger partial charge < -0.3 is 9.64 Å². The third-order valence-electron chi connectivity index (χ3n) is 4.52. The minimum absolute atomic E-state index is 0.0322. The van der Waals surface area contributed by atoms with Crippen LogP contribution in [0.25, 0.3) is 0 Å². The number of likely N-dealkylation sites (tertiary alicyclic amines) is 1. The van der Waals surface area contributed by atoms with E-state index in [0.717, 1.165) is 35.6 Å². The van der Waals surface area contributed by atoms with Gasteiger partial charge in [0.15, 0.2) is 0 Å². The van der Waals surface area contributed by atoms with Gasteiger partial charge in [-0.15, -0.1) is 0 Å². The maximum atomic E-state index is 12.9. The fourth-order valence-corrected chi connectivity index (χ4v) is 3.78. The van der Waals surface area contributed by atoms with Gasteiger partial charge in [-0.25, -0.2) is 0 Å². The van der Waals surface area contributed by atoms with Gasteiger partial charge in [-0.3, -0.25) is 9.00 Å². The van der Waals surface area contributed by atoms with Gasteiger partial charge in [-0.1, -0.05) is 12.1 Å².